The van der Waals surface area contributed by atoms with Crippen LogP contribution in [0.4, 0.5) is 5.13 Å². The number of nitrogens with zero attached hydrogens (tertiary/aromatic N) is 2. The Morgan fingerprint density at radius 3 is 3.00 bits per heavy atom. The SMILES string of the molecule is NC(=O)c1cnc(NC(=O)C2CC(=O)N(Cc3ccco3)C2)s1. The molecule has 0 spiro atoms. The summed E-state index contributed by atoms with van der Waals surface area (Å²) in [4.78, 5) is 41.0. The van der Waals surface area contributed by atoms with Crippen molar-refractivity contribution in [3.63, 3.8) is 0 Å². The lowest BCUT2D eigenvalue weighted by Crippen LogP contribution is -2.27. The molecule has 2 aromatic rings. The molecule has 120 valence electrons. The second-order valence-electron chi connectivity index (χ2n) is 5.14. The predicted molar refractivity (Wildman–Crippen MR) is 81.5 cm³/mol. The molecule has 3 rings (SSSR count). The quantitative estimate of drug-likeness (QED) is 0.839. The van der Waals surface area contributed by atoms with Crippen LogP contribution < -0.4 is 11.1 Å². The number of likely N-dealkylation sites (tertiary alicyclic amines) is 1. The Bertz CT molecular complexity index is 740. The van der Waals surface area contributed by atoms with Gasteiger partial charge in [0.15, 0.2) is 5.13 Å². The summed E-state index contributed by atoms with van der Waals surface area (Å²) in [6, 6.07) is 3.53. The maximum atomic E-state index is 12.2. The first-order valence-electron chi connectivity index (χ1n) is 6.89. The van der Waals surface area contributed by atoms with Gasteiger partial charge in [-0.3, -0.25) is 14.4 Å². The van der Waals surface area contributed by atoms with Crippen molar-refractivity contribution in [3.8, 4) is 0 Å². The average Bonchev–Trinajstić information content (AvgIpc) is 3.21. The summed E-state index contributed by atoms with van der Waals surface area (Å²) < 4.78 is 5.21. The van der Waals surface area contributed by atoms with Gasteiger partial charge in [-0.25, -0.2) is 4.98 Å². The van der Waals surface area contributed by atoms with Crippen LogP contribution in [0.3, 0.4) is 0 Å². The minimum absolute atomic E-state index is 0.0986. The number of carbonyl (C=O) groups excluding carboxylic acids is 3. The lowest BCUT2D eigenvalue weighted by molar-refractivity contribution is -0.128. The third-order valence-electron chi connectivity index (χ3n) is 3.49. The number of nitrogens with one attached hydrogen (secondary N) is 1. The fraction of sp³-hybridized carbons (Fsp3) is 0.286. The molecule has 3 N–H and O–H groups in total. The minimum atomic E-state index is -0.594. The average molecular weight is 334 g/mol. The topological polar surface area (TPSA) is 119 Å². The Kier molecular flexibility index (Phi) is 4.11. The first-order chi connectivity index (χ1) is 11.0. The maximum Gasteiger partial charge on any atom is 0.260 e. The Morgan fingerprint density at radius 2 is 2.35 bits per heavy atom. The van der Waals surface area contributed by atoms with Gasteiger partial charge in [0.2, 0.25) is 11.8 Å². The molecular weight excluding hydrogens is 320 g/mol. The van der Waals surface area contributed by atoms with Gasteiger partial charge in [-0.1, -0.05) is 11.3 Å². The van der Waals surface area contributed by atoms with Crippen LogP contribution in [-0.2, 0) is 16.1 Å². The third-order valence-corrected chi connectivity index (χ3v) is 4.42. The van der Waals surface area contributed by atoms with Crippen molar-refractivity contribution in [2.45, 2.75) is 13.0 Å². The van der Waals surface area contributed by atoms with E-state index in [9.17, 15) is 14.4 Å². The van der Waals surface area contributed by atoms with Crippen LogP contribution in [0.15, 0.2) is 29.0 Å². The summed E-state index contributed by atoms with van der Waals surface area (Å²) in [5.74, 6) is -0.781. The van der Waals surface area contributed by atoms with Crippen molar-refractivity contribution in [1.29, 1.82) is 0 Å². The molecule has 23 heavy (non-hydrogen) atoms. The predicted octanol–water partition coefficient (Wildman–Crippen LogP) is 0.822. The lowest BCUT2D eigenvalue weighted by atomic mass is 10.1. The number of nitrogens with two attached hydrogens (primary N) is 1. The van der Waals surface area contributed by atoms with Crippen LogP contribution in [0.25, 0.3) is 0 Å². The van der Waals surface area contributed by atoms with E-state index in [4.69, 9.17) is 10.2 Å². The summed E-state index contributed by atoms with van der Waals surface area (Å²) in [6.45, 7) is 0.665. The molecule has 1 fully saturated rings. The number of primary amides is 1. The number of amides is 3. The Labute approximate surface area is 135 Å². The molecule has 3 amide bonds. The van der Waals surface area contributed by atoms with Gasteiger partial charge >= 0.3 is 0 Å². The van der Waals surface area contributed by atoms with Crippen molar-refractivity contribution < 1.29 is 18.8 Å². The number of rotatable bonds is 5. The molecule has 1 saturated heterocycles. The van der Waals surface area contributed by atoms with Gasteiger partial charge < -0.3 is 20.4 Å². The number of furan rings is 1. The molecule has 2 aromatic heterocycles. The monoisotopic (exact) mass is 334 g/mol. The van der Waals surface area contributed by atoms with Crippen molar-refractivity contribution in [1.82, 2.24) is 9.88 Å². The van der Waals surface area contributed by atoms with E-state index < -0.39 is 11.8 Å². The fourth-order valence-electron chi connectivity index (χ4n) is 2.34. The number of aromatic nitrogens is 1. The van der Waals surface area contributed by atoms with E-state index in [1.54, 1.807) is 23.3 Å². The molecule has 9 heteroatoms. The first-order valence-corrected chi connectivity index (χ1v) is 7.71. The zero-order valence-electron chi connectivity index (χ0n) is 12.0. The molecule has 1 atom stereocenters. The smallest absolute Gasteiger partial charge is 0.260 e. The molecule has 0 aromatic carbocycles. The van der Waals surface area contributed by atoms with Gasteiger partial charge in [0.25, 0.3) is 5.91 Å². The van der Waals surface area contributed by atoms with Gasteiger partial charge in [-0.15, -0.1) is 0 Å². The standard InChI is InChI=1S/C14H14N4O4S/c15-12(20)10-5-16-14(23-10)17-13(21)8-4-11(19)18(6-8)7-9-2-1-3-22-9/h1-3,5,8H,4,6-7H2,(H2,15,20)(H,16,17,21). The molecule has 3 heterocycles. The molecule has 0 bridgehead atoms. The Balaban J connectivity index is 1.59. The number of thiazole rings is 1. The molecule has 1 aliphatic rings. The van der Waals surface area contributed by atoms with Gasteiger partial charge in [-0.2, -0.15) is 0 Å². The number of hydrogen-bond donors (Lipinski definition) is 2. The second-order valence-corrected chi connectivity index (χ2v) is 6.17. The Morgan fingerprint density at radius 1 is 1.52 bits per heavy atom. The highest BCUT2D eigenvalue weighted by Crippen LogP contribution is 2.23. The van der Waals surface area contributed by atoms with E-state index in [1.807, 2.05) is 0 Å². The van der Waals surface area contributed by atoms with Crippen molar-refractivity contribution >= 4 is 34.2 Å². The molecule has 1 aliphatic heterocycles. The summed E-state index contributed by atoms with van der Waals surface area (Å²) in [5.41, 5.74) is 5.14. The van der Waals surface area contributed by atoms with Gasteiger partial charge in [0.05, 0.1) is 24.9 Å². The normalized spacial score (nSPS) is 17.5. The molecule has 0 aliphatic carbocycles. The van der Waals surface area contributed by atoms with Crippen molar-refractivity contribution in [3.05, 3.63) is 35.2 Å². The van der Waals surface area contributed by atoms with Crippen LogP contribution in [0, 0.1) is 5.92 Å². The summed E-state index contributed by atoms with van der Waals surface area (Å²) in [5, 5.41) is 2.91. The molecule has 0 saturated carbocycles. The van der Waals surface area contributed by atoms with Crippen molar-refractivity contribution in [2.75, 3.05) is 11.9 Å². The number of carbonyl (C=O) groups is 3. The minimum Gasteiger partial charge on any atom is -0.467 e. The third kappa shape index (κ3) is 3.39. The van der Waals surface area contributed by atoms with Crippen LogP contribution in [0.1, 0.15) is 21.9 Å². The first kappa shape index (κ1) is 15.2. The number of anilines is 1. The summed E-state index contributed by atoms with van der Waals surface area (Å²) >= 11 is 1.00. The highest BCUT2D eigenvalue weighted by Gasteiger charge is 2.35. The molecule has 8 nitrogen and oxygen atoms in total. The van der Waals surface area contributed by atoms with E-state index in [2.05, 4.69) is 10.3 Å². The maximum absolute atomic E-state index is 12.2. The second kappa shape index (κ2) is 6.21. The lowest BCUT2D eigenvalue weighted by Gasteiger charge is -2.14. The van der Waals surface area contributed by atoms with Crippen LogP contribution in [-0.4, -0.2) is 34.2 Å². The molecular formula is C14H14N4O4S. The number of hydrogen-bond acceptors (Lipinski definition) is 6. The summed E-state index contributed by atoms with van der Waals surface area (Å²) in [7, 11) is 0. The van der Waals surface area contributed by atoms with E-state index in [1.165, 1.54) is 6.20 Å². The molecule has 1 unspecified atom stereocenters. The van der Waals surface area contributed by atoms with E-state index in [-0.39, 0.29) is 23.1 Å². The van der Waals surface area contributed by atoms with E-state index >= 15 is 0 Å². The zero-order chi connectivity index (χ0) is 16.4. The van der Waals surface area contributed by atoms with E-state index in [0.29, 0.717) is 24.0 Å². The zero-order valence-corrected chi connectivity index (χ0v) is 12.8. The van der Waals surface area contributed by atoms with Crippen LogP contribution >= 0.6 is 11.3 Å². The highest BCUT2D eigenvalue weighted by atomic mass is 32.1. The highest BCUT2D eigenvalue weighted by molar-refractivity contribution is 7.17. The van der Waals surface area contributed by atoms with E-state index in [0.717, 1.165) is 11.3 Å². The largest absolute Gasteiger partial charge is 0.467 e. The van der Waals surface area contributed by atoms with Gasteiger partial charge in [-0.05, 0) is 12.1 Å². The Hall–Kier alpha value is -2.68. The fourth-order valence-corrected chi connectivity index (χ4v) is 3.02. The van der Waals surface area contributed by atoms with Gasteiger partial charge in [0.1, 0.15) is 10.6 Å². The van der Waals surface area contributed by atoms with Crippen LogP contribution in [0.5, 0.6) is 0 Å². The van der Waals surface area contributed by atoms with Crippen molar-refractivity contribution in [2.24, 2.45) is 11.7 Å². The van der Waals surface area contributed by atoms with Crippen LogP contribution in [0.2, 0.25) is 0 Å². The molecule has 0 radical (unpaired) electrons. The van der Waals surface area contributed by atoms with Gasteiger partial charge in [0, 0.05) is 13.0 Å². The summed E-state index contributed by atoms with van der Waals surface area (Å²) in [6.07, 6.45) is 2.99.